The Morgan fingerprint density at radius 3 is 2.91 bits per heavy atom. The van der Waals surface area contributed by atoms with Crippen molar-refractivity contribution in [2.75, 3.05) is 11.9 Å². The third-order valence-corrected chi connectivity index (χ3v) is 3.79. The van der Waals surface area contributed by atoms with Crippen LogP contribution in [0.2, 0.25) is 0 Å². The van der Waals surface area contributed by atoms with E-state index in [-0.39, 0.29) is 5.69 Å². The van der Waals surface area contributed by atoms with E-state index in [1.807, 2.05) is 4.57 Å². The van der Waals surface area contributed by atoms with Crippen LogP contribution in [0.1, 0.15) is 24.7 Å². The number of benzene rings is 1. The van der Waals surface area contributed by atoms with Gasteiger partial charge in [0.15, 0.2) is 4.77 Å². The molecule has 122 valence electrons. The Bertz CT molecular complexity index is 784. The van der Waals surface area contributed by atoms with Gasteiger partial charge in [-0.25, -0.2) is 13.6 Å². The highest BCUT2D eigenvalue weighted by Crippen LogP contribution is 2.35. The molecule has 0 atom stereocenters. The van der Waals surface area contributed by atoms with Crippen molar-refractivity contribution in [2.24, 2.45) is 0 Å². The predicted octanol–water partition coefficient (Wildman–Crippen LogP) is 2.92. The molecule has 1 heterocycles. The number of rotatable bonds is 5. The van der Waals surface area contributed by atoms with Gasteiger partial charge in [0.2, 0.25) is 0 Å². The van der Waals surface area contributed by atoms with Crippen molar-refractivity contribution in [1.29, 1.82) is 0 Å². The molecule has 1 aromatic carbocycles. The number of halogens is 2. The molecular weight excluding hydrogens is 324 g/mol. The summed E-state index contributed by atoms with van der Waals surface area (Å²) in [6, 6.07) is 2.79. The van der Waals surface area contributed by atoms with Crippen molar-refractivity contribution >= 4 is 23.9 Å². The molecule has 3 N–H and O–H groups in total. The van der Waals surface area contributed by atoms with Gasteiger partial charge in [0, 0.05) is 25.1 Å². The zero-order valence-electron chi connectivity index (χ0n) is 12.1. The van der Waals surface area contributed by atoms with E-state index in [2.05, 4.69) is 20.8 Å². The summed E-state index contributed by atoms with van der Waals surface area (Å²) in [4.78, 5) is 11.7. The molecule has 1 fully saturated rings. The van der Waals surface area contributed by atoms with Crippen molar-refractivity contribution < 1.29 is 13.6 Å². The summed E-state index contributed by atoms with van der Waals surface area (Å²) in [6.07, 6.45) is 2.67. The topological polar surface area (TPSA) is 74.7 Å². The molecular formula is C14H15F2N5OS. The van der Waals surface area contributed by atoms with Crippen molar-refractivity contribution in [3.8, 4) is 0 Å². The van der Waals surface area contributed by atoms with Gasteiger partial charge in [0.25, 0.3) is 0 Å². The molecule has 2 aromatic rings. The van der Waals surface area contributed by atoms with Gasteiger partial charge in [-0.3, -0.25) is 5.10 Å². The van der Waals surface area contributed by atoms with Crippen LogP contribution in [-0.2, 0) is 6.42 Å². The molecule has 0 bridgehead atoms. The lowest BCUT2D eigenvalue weighted by molar-refractivity contribution is 0.252. The lowest BCUT2D eigenvalue weighted by Gasteiger charge is -2.09. The lowest BCUT2D eigenvalue weighted by Crippen LogP contribution is -2.31. The van der Waals surface area contributed by atoms with Crippen LogP contribution in [0.4, 0.5) is 19.3 Å². The SMILES string of the molecule is O=C(NCCc1n[nH]c(=S)n1C1CC1)Nc1ccc(F)cc1F. The molecule has 23 heavy (non-hydrogen) atoms. The van der Waals surface area contributed by atoms with Gasteiger partial charge in [-0.2, -0.15) is 5.10 Å². The minimum Gasteiger partial charge on any atom is -0.337 e. The maximum Gasteiger partial charge on any atom is 0.319 e. The van der Waals surface area contributed by atoms with Gasteiger partial charge < -0.3 is 15.2 Å². The molecule has 3 rings (SSSR count). The van der Waals surface area contributed by atoms with Crippen LogP contribution >= 0.6 is 12.2 Å². The zero-order chi connectivity index (χ0) is 16.4. The number of amides is 2. The minimum absolute atomic E-state index is 0.0791. The summed E-state index contributed by atoms with van der Waals surface area (Å²) < 4.78 is 28.8. The lowest BCUT2D eigenvalue weighted by atomic mass is 10.3. The average Bonchev–Trinajstić information content (AvgIpc) is 3.26. The maximum absolute atomic E-state index is 13.4. The summed E-state index contributed by atoms with van der Waals surface area (Å²) in [5, 5.41) is 11.8. The average molecular weight is 339 g/mol. The smallest absolute Gasteiger partial charge is 0.319 e. The Hall–Kier alpha value is -2.29. The van der Waals surface area contributed by atoms with Crippen LogP contribution in [0.25, 0.3) is 0 Å². The molecule has 2 amide bonds. The monoisotopic (exact) mass is 339 g/mol. The highest BCUT2D eigenvalue weighted by atomic mass is 32.1. The minimum atomic E-state index is -0.824. The summed E-state index contributed by atoms with van der Waals surface area (Å²) in [7, 11) is 0. The maximum atomic E-state index is 13.4. The standard InChI is InChI=1S/C14H15F2N5OS/c15-8-1-4-11(10(16)7-8)18-13(22)17-6-5-12-19-20-14(23)21(12)9-2-3-9/h1,4,7,9H,2-3,5-6H2,(H,20,23)(H2,17,18,22). The third kappa shape index (κ3) is 3.73. The molecule has 9 heteroatoms. The van der Waals surface area contributed by atoms with Gasteiger partial charge in [-0.1, -0.05) is 0 Å². The van der Waals surface area contributed by atoms with Gasteiger partial charge in [-0.05, 0) is 37.2 Å². The van der Waals surface area contributed by atoms with E-state index in [1.165, 1.54) is 6.07 Å². The van der Waals surface area contributed by atoms with Crippen LogP contribution in [0.15, 0.2) is 18.2 Å². The molecule has 0 saturated heterocycles. The molecule has 1 aliphatic rings. The van der Waals surface area contributed by atoms with Crippen LogP contribution < -0.4 is 10.6 Å². The molecule has 0 unspecified atom stereocenters. The fourth-order valence-electron chi connectivity index (χ4n) is 2.27. The van der Waals surface area contributed by atoms with E-state index in [0.717, 1.165) is 24.7 Å². The number of carbonyl (C=O) groups excluding carboxylic acids is 1. The van der Waals surface area contributed by atoms with Crippen LogP contribution in [-0.4, -0.2) is 27.3 Å². The van der Waals surface area contributed by atoms with Crippen LogP contribution in [0.5, 0.6) is 0 Å². The largest absolute Gasteiger partial charge is 0.337 e. The quantitative estimate of drug-likeness (QED) is 0.733. The van der Waals surface area contributed by atoms with Gasteiger partial charge >= 0.3 is 6.03 Å². The van der Waals surface area contributed by atoms with Crippen LogP contribution in [0.3, 0.4) is 0 Å². The highest BCUT2D eigenvalue weighted by molar-refractivity contribution is 7.71. The van der Waals surface area contributed by atoms with Gasteiger partial charge in [-0.15, -0.1) is 0 Å². The summed E-state index contributed by atoms with van der Waals surface area (Å²) in [6.45, 7) is 0.320. The molecule has 0 radical (unpaired) electrons. The highest BCUT2D eigenvalue weighted by Gasteiger charge is 2.26. The molecule has 1 saturated carbocycles. The first-order chi connectivity index (χ1) is 11.0. The van der Waals surface area contributed by atoms with Gasteiger partial charge in [0.1, 0.15) is 17.5 Å². The number of anilines is 1. The summed E-state index contributed by atoms with van der Waals surface area (Å²) in [5.74, 6) is -0.739. The number of hydrogen-bond acceptors (Lipinski definition) is 3. The number of urea groups is 1. The fourth-order valence-corrected chi connectivity index (χ4v) is 2.57. The normalized spacial score (nSPS) is 13.8. The zero-order valence-corrected chi connectivity index (χ0v) is 12.9. The van der Waals surface area contributed by atoms with Crippen LogP contribution in [0, 0.1) is 16.4 Å². The summed E-state index contributed by atoms with van der Waals surface area (Å²) >= 11 is 5.18. The number of aromatic amines is 1. The molecule has 6 nitrogen and oxygen atoms in total. The first kappa shape index (κ1) is 15.6. The van der Waals surface area contributed by atoms with E-state index >= 15 is 0 Å². The number of nitrogens with one attached hydrogen (secondary N) is 3. The summed E-state index contributed by atoms with van der Waals surface area (Å²) in [5.41, 5.74) is -0.0791. The van der Waals surface area contributed by atoms with Crippen molar-refractivity contribution in [3.63, 3.8) is 0 Å². The number of carbonyl (C=O) groups is 1. The Balaban J connectivity index is 1.52. The Morgan fingerprint density at radius 2 is 2.22 bits per heavy atom. The molecule has 0 spiro atoms. The first-order valence-electron chi connectivity index (χ1n) is 7.20. The van der Waals surface area contributed by atoms with Crippen molar-refractivity contribution in [3.05, 3.63) is 40.4 Å². The van der Waals surface area contributed by atoms with E-state index in [1.54, 1.807) is 0 Å². The predicted molar refractivity (Wildman–Crippen MR) is 82.8 cm³/mol. The molecule has 0 aliphatic heterocycles. The first-order valence-corrected chi connectivity index (χ1v) is 7.61. The fraction of sp³-hybridized carbons (Fsp3) is 0.357. The van der Waals surface area contributed by atoms with Gasteiger partial charge in [0.05, 0.1) is 5.69 Å². The Labute approximate surface area is 135 Å². The Kier molecular flexibility index (Phi) is 4.37. The van der Waals surface area contributed by atoms with Crippen molar-refractivity contribution in [1.82, 2.24) is 20.1 Å². The van der Waals surface area contributed by atoms with E-state index in [4.69, 9.17) is 12.2 Å². The number of H-pyrrole nitrogens is 1. The number of nitrogens with zero attached hydrogens (tertiary/aromatic N) is 2. The Morgan fingerprint density at radius 1 is 1.43 bits per heavy atom. The second kappa shape index (κ2) is 6.45. The number of hydrogen-bond donors (Lipinski definition) is 3. The van der Waals surface area contributed by atoms with E-state index in [0.29, 0.717) is 29.8 Å². The molecule has 1 aliphatic carbocycles. The van der Waals surface area contributed by atoms with E-state index in [9.17, 15) is 13.6 Å². The third-order valence-electron chi connectivity index (χ3n) is 3.50. The molecule has 1 aromatic heterocycles. The van der Waals surface area contributed by atoms with Crippen molar-refractivity contribution in [2.45, 2.75) is 25.3 Å². The van der Waals surface area contributed by atoms with E-state index < -0.39 is 17.7 Å². The number of aromatic nitrogens is 3. The second-order valence-electron chi connectivity index (χ2n) is 5.30. The second-order valence-corrected chi connectivity index (χ2v) is 5.69.